The summed E-state index contributed by atoms with van der Waals surface area (Å²) in [6.07, 6.45) is -0.133. The molecular weight excluding hydrogens is 349 g/mol. The standard InChI is InChI=1S/C19H16FN5O2/c1-11-5-7-12(8-6-11)17-22-19-23-18(27)15(25(19)24-17)10-16(26)21-14-4-2-3-13(20)9-14/h2-9,15H,10H2,1H3,(H,21,26)(H,22,23,24,27)/t15-/m1/s1. The van der Waals surface area contributed by atoms with Crippen LogP contribution >= 0.6 is 0 Å². The number of fused-ring (bicyclic) bond motifs is 1. The quantitative estimate of drug-likeness (QED) is 0.744. The molecule has 4 rings (SSSR count). The molecule has 8 heteroatoms. The fraction of sp³-hybridized carbons (Fsp3) is 0.158. The summed E-state index contributed by atoms with van der Waals surface area (Å²) in [5.41, 5.74) is 2.27. The molecule has 1 atom stereocenters. The number of carbonyl (C=O) groups excluding carboxylic acids is 2. The third kappa shape index (κ3) is 3.41. The van der Waals surface area contributed by atoms with E-state index in [1.807, 2.05) is 31.2 Å². The average molecular weight is 365 g/mol. The molecule has 1 aliphatic rings. The summed E-state index contributed by atoms with van der Waals surface area (Å²) in [7, 11) is 0. The summed E-state index contributed by atoms with van der Waals surface area (Å²) in [5.74, 6) is -0.441. The maximum absolute atomic E-state index is 13.2. The predicted octanol–water partition coefficient (Wildman–Crippen LogP) is 2.91. The van der Waals surface area contributed by atoms with Gasteiger partial charge in [-0.25, -0.2) is 9.07 Å². The van der Waals surface area contributed by atoms with E-state index in [4.69, 9.17) is 0 Å². The summed E-state index contributed by atoms with van der Waals surface area (Å²) < 4.78 is 14.7. The van der Waals surface area contributed by atoms with Gasteiger partial charge in [-0.15, -0.1) is 5.10 Å². The maximum atomic E-state index is 13.2. The zero-order valence-corrected chi connectivity index (χ0v) is 14.4. The molecule has 1 aromatic heterocycles. The average Bonchev–Trinajstić information content (AvgIpc) is 3.15. The summed E-state index contributed by atoms with van der Waals surface area (Å²) in [5, 5.41) is 9.60. The molecule has 0 radical (unpaired) electrons. The Hall–Kier alpha value is -3.55. The molecule has 27 heavy (non-hydrogen) atoms. The highest BCUT2D eigenvalue weighted by Crippen LogP contribution is 2.28. The number of nitrogens with one attached hydrogen (secondary N) is 2. The number of benzene rings is 2. The molecule has 0 saturated carbocycles. The second-order valence-corrected chi connectivity index (χ2v) is 6.34. The molecule has 7 nitrogen and oxygen atoms in total. The Morgan fingerprint density at radius 1 is 1.26 bits per heavy atom. The fourth-order valence-corrected chi connectivity index (χ4v) is 2.89. The van der Waals surface area contributed by atoms with Gasteiger partial charge < -0.3 is 5.32 Å². The Balaban J connectivity index is 1.52. The summed E-state index contributed by atoms with van der Waals surface area (Å²) >= 11 is 0. The van der Waals surface area contributed by atoms with Crippen LogP contribution in [0.15, 0.2) is 48.5 Å². The van der Waals surface area contributed by atoms with E-state index < -0.39 is 17.8 Å². The molecule has 2 amide bonds. The number of carbonyl (C=O) groups is 2. The van der Waals surface area contributed by atoms with E-state index in [1.54, 1.807) is 6.07 Å². The van der Waals surface area contributed by atoms with Gasteiger partial charge in [0.05, 0.1) is 6.42 Å². The number of aromatic nitrogens is 3. The Labute approximate surface area is 154 Å². The van der Waals surface area contributed by atoms with Crippen molar-refractivity contribution in [2.45, 2.75) is 19.4 Å². The zero-order valence-electron chi connectivity index (χ0n) is 14.4. The minimum atomic E-state index is -0.805. The number of rotatable bonds is 4. The van der Waals surface area contributed by atoms with Crippen LogP contribution in [0.3, 0.4) is 0 Å². The van der Waals surface area contributed by atoms with Gasteiger partial charge in [0.25, 0.3) is 5.91 Å². The van der Waals surface area contributed by atoms with Crippen LogP contribution in [0.2, 0.25) is 0 Å². The number of anilines is 2. The van der Waals surface area contributed by atoms with E-state index >= 15 is 0 Å². The largest absolute Gasteiger partial charge is 0.326 e. The predicted molar refractivity (Wildman–Crippen MR) is 97.5 cm³/mol. The Morgan fingerprint density at radius 2 is 2.04 bits per heavy atom. The Morgan fingerprint density at radius 3 is 2.78 bits per heavy atom. The number of nitrogens with zero attached hydrogens (tertiary/aromatic N) is 3. The monoisotopic (exact) mass is 365 g/mol. The van der Waals surface area contributed by atoms with Gasteiger partial charge in [0.2, 0.25) is 11.9 Å². The maximum Gasteiger partial charge on any atom is 0.252 e. The summed E-state index contributed by atoms with van der Waals surface area (Å²) in [4.78, 5) is 28.8. The van der Waals surface area contributed by atoms with E-state index in [0.29, 0.717) is 17.5 Å². The summed E-state index contributed by atoms with van der Waals surface area (Å²) in [6.45, 7) is 1.98. The molecule has 2 N–H and O–H groups in total. The highest BCUT2D eigenvalue weighted by molar-refractivity contribution is 6.01. The molecular formula is C19H16FN5O2. The van der Waals surface area contributed by atoms with Crippen molar-refractivity contribution >= 4 is 23.5 Å². The van der Waals surface area contributed by atoms with Crippen LogP contribution in [0.1, 0.15) is 18.0 Å². The molecule has 2 aromatic carbocycles. The van der Waals surface area contributed by atoms with Crippen molar-refractivity contribution in [3.63, 3.8) is 0 Å². The van der Waals surface area contributed by atoms with Crippen molar-refractivity contribution < 1.29 is 14.0 Å². The third-order valence-electron chi connectivity index (χ3n) is 4.26. The number of hydrogen-bond donors (Lipinski definition) is 2. The molecule has 136 valence electrons. The minimum absolute atomic E-state index is 0.133. The topological polar surface area (TPSA) is 88.9 Å². The molecule has 3 aromatic rings. The fourth-order valence-electron chi connectivity index (χ4n) is 2.89. The third-order valence-corrected chi connectivity index (χ3v) is 4.26. The van der Waals surface area contributed by atoms with Crippen LogP contribution in [0.25, 0.3) is 11.4 Å². The number of hydrogen-bond acceptors (Lipinski definition) is 4. The first kappa shape index (κ1) is 16.9. The second-order valence-electron chi connectivity index (χ2n) is 6.34. The lowest BCUT2D eigenvalue weighted by atomic mass is 10.1. The SMILES string of the molecule is Cc1ccc(-c2nc3n(n2)[C@H](CC(=O)Nc2cccc(F)c2)C(=O)N3)cc1. The van der Waals surface area contributed by atoms with Crippen LogP contribution in [0, 0.1) is 12.7 Å². The van der Waals surface area contributed by atoms with Gasteiger partial charge in [-0.2, -0.15) is 4.98 Å². The van der Waals surface area contributed by atoms with E-state index in [0.717, 1.165) is 11.1 Å². The molecule has 2 heterocycles. The van der Waals surface area contributed by atoms with E-state index in [9.17, 15) is 14.0 Å². The van der Waals surface area contributed by atoms with E-state index in [2.05, 4.69) is 20.7 Å². The van der Waals surface area contributed by atoms with Crippen molar-refractivity contribution in [1.82, 2.24) is 14.8 Å². The molecule has 0 saturated heterocycles. The normalized spacial score (nSPS) is 15.3. The highest BCUT2D eigenvalue weighted by Gasteiger charge is 2.35. The van der Waals surface area contributed by atoms with E-state index in [-0.39, 0.29) is 12.3 Å². The van der Waals surface area contributed by atoms with Crippen molar-refractivity contribution in [1.29, 1.82) is 0 Å². The van der Waals surface area contributed by atoms with E-state index in [1.165, 1.54) is 22.9 Å². The lowest BCUT2D eigenvalue weighted by Gasteiger charge is -2.10. The molecule has 0 unspecified atom stereocenters. The molecule has 0 bridgehead atoms. The number of aryl methyl sites for hydroxylation is 1. The molecule has 0 spiro atoms. The summed E-state index contributed by atoms with van der Waals surface area (Å²) in [6, 6.07) is 12.5. The van der Waals surface area contributed by atoms with Gasteiger partial charge in [-0.3, -0.25) is 14.9 Å². The van der Waals surface area contributed by atoms with Gasteiger partial charge in [0, 0.05) is 11.3 Å². The lowest BCUT2D eigenvalue weighted by molar-refractivity contribution is -0.123. The van der Waals surface area contributed by atoms with Crippen LogP contribution in [-0.2, 0) is 9.59 Å². The lowest BCUT2D eigenvalue weighted by Crippen LogP contribution is -2.23. The van der Waals surface area contributed by atoms with Crippen molar-refractivity contribution in [3.05, 3.63) is 59.9 Å². The molecule has 0 fully saturated rings. The zero-order chi connectivity index (χ0) is 19.0. The van der Waals surface area contributed by atoms with Gasteiger partial charge >= 0.3 is 0 Å². The number of halogens is 1. The first-order valence-corrected chi connectivity index (χ1v) is 8.39. The van der Waals surface area contributed by atoms with Crippen molar-refractivity contribution in [2.24, 2.45) is 0 Å². The molecule has 1 aliphatic heterocycles. The van der Waals surface area contributed by atoms with Gasteiger partial charge in [0.15, 0.2) is 5.82 Å². The second kappa shape index (κ2) is 6.64. The van der Waals surface area contributed by atoms with Gasteiger partial charge in [-0.05, 0) is 25.1 Å². The Kier molecular flexibility index (Phi) is 4.15. The first-order chi connectivity index (χ1) is 13.0. The highest BCUT2D eigenvalue weighted by atomic mass is 19.1. The smallest absolute Gasteiger partial charge is 0.252 e. The van der Waals surface area contributed by atoms with Crippen LogP contribution < -0.4 is 10.6 Å². The van der Waals surface area contributed by atoms with Crippen molar-refractivity contribution in [3.8, 4) is 11.4 Å². The van der Waals surface area contributed by atoms with Gasteiger partial charge in [0.1, 0.15) is 11.9 Å². The van der Waals surface area contributed by atoms with Gasteiger partial charge in [-0.1, -0.05) is 35.9 Å². The van der Waals surface area contributed by atoms with Crippen molar-refractivity contribution in [2.75, 3.05) is 10.6 Å². The first-order valence-electron chi connectivity index (χ1n) is 8.39. The number of amides is 2. The molecule has 0 aliphatic carbocycles. The van der Waals surface area contributed by atoms with Crippen LogP contribution in [0.5, 0.6) is 0 Å². The van der Waals surface area contributed by atoms with Crippen LogP contribution in [0.4, 0.5) is 16.0 Å². The minimum Gasteiger partial charge on any atom is -0.326 e. The van der Waals surface area contributed by atoms with Crippen LogP contribution in [-0.4, -0.2) is 26.6 Å². The Bertz CT molecular complexity index is 1030.